The minimum absolute atomic E-state index is 0.0318. The molecule has 1 aromatic carbocycles. The Bertz CT molecular complexity index is 1340. The van der Waals surface area contributed by atoms with E-state index in [2.05, 4.69) is 14.9 Å². The van der Waals surface area contributed by atoms with E-state index in [0.29, 0.717) is 51.3 Å². The average Bonchev–Trinajstić information content (AvgIpc) is 3.36. The first-order chi connectivity index (χ1) is 18.1. The summed E-state index contributed by atoms with van der Waals surface area (Å²) in [7, 11) is 0. The molecule has 4 heterocycles. The molecule has 2 aliphatic heterocycles. The molecule has 0 spiro atoms. The third kappa shape index (κ3) is 5.42. The average molecular weight is 558 g/mol. The van der Waals surface area contributed by atoms with E-state index in [-0.39, 0.29) is 17.1 Å². The van der Waals surface area contributed by atoms with E-state index in [0.717, 1.165) is 19.6 Å². The van der Waals surface area contributed by atoms with E-state index in [9.17, 15) is 0 Å². The normalized spacial score (nSPS) is 17.8. The molecular formula is C27H30Cl2FN7O. The van der Waals surface area contributed by atoms with Gasteiger partial charge in [0.2, 0.25) is 0 Å². The Morgan fingerprint density at radius 3 is 2.50 bits per heavy atom. The van der Waals surface area contributed by atoms with Crippen LogP contribution in [0.1, 0.15) is 42.6 Å². The first-order valence-electron chi connectivity index (χ1n) is 12.5. The molecule has 1 atom stereocenters. The molecule has 5 rings (SSSR count). The van der Waals surface area contributed by atoms with Crippen LogP contribution in [0, 0.1) is 11.2 Å². The zero-order valence-electron chi connectivity index (χ0n) is 21.1. The van der Waals surface area contributed by atoms with Gasteiger partial charge >= 0.3 is 0 Å². The summed E-state index contributed by atoms with van der Waals surface area (Å²) in [5.74, 6) is 0.199. The van der Waals surface area contributed by atoms with Gasteiger partial charge in [0, 0.05) is 60.6 Å². The van der Waals surface area contributed by atoms with Crippen molar-refractivity contribution in [3.8, 4) is 5.75 Å². The van der Waals surface area contributed by atoms with Crippen molar-refractivity contribution in [3.05, 3.63) is 75.4 Å². The summed E-state index contributed by atoms with van der Waals surface area (Å²) in [6.45, 7) is 5.84. The summed E-state index contributed by atoms with van der Waals surface area (Å²) in [5.41, 5.74) is 14.0. The predicted octanol–water partition coefficient (Wildman–Crippen LogP) is 4.67. The molecular weight excluding hydrogens is 528 g/mol. The quantitative estimate of drug-likeness (QED) is 0.272. The molecule has 0 aliphatic carbocycles. The lowest BCUT2D eigenvalue weighted by atomic mass is 9.90. The molecule has 0 bridgehead atoms. The number of hydrogen-bond acceptors (Lipinski definition) is 8. The number of aromatic nitrogens is 2. The van der Waals surface area contributed by atoms with Gasteiger partial charge in [-0.25, -0.2) is 9.37 Å². The molecule has 2 aromatic heterocycles. The summed E-state index contributed by atoms with van der Waals surface area (Å²) in [5, 5.41) is 9.49. The Morgan fingerprint density at radius 2 is 1.84 bits per heavy atom. The molecule has 0 radical (unpaired) electrons. The fourth-order valence-electron chi connectivity index (χ4n) is 5.20. The highest BCUT2D eigenvalue weighted by atomic mass is 35.5. The maximum Gasteiger partial charge on any atom is 0.166 e. The first kappa shape index (κ1) is 26.6. The third-order valence-corrected chi connectivity index (χ3v) is 7.66. The number of rotatable bonds is 8. The fraction of sp³-hybridized carbons (Fsp3) is 0.370. The van der Waals surface area contributed by atoms with E-state index >= 15 is 4.39 Å². The first-order valence-corrected chi connectivity index (χ1v) is 13.3. The summed E-state index contributed by atoms with van der Waals surface area (Å²) in [4.78, 5) is 12.5. The Balaban J connectivity index is 1.29. The van der Waals surface area contributed by atoms with Gasteiger partial charge in [-0.05, 0) is 57.1 Å². The van der Waals surface area contributed by atoms with Gasteiger partial charge < -0.3 is 26.0 Å². The smallest absolute Gasteiger partial charge is 0.166 e. The summed E-state index contributed by atoms with van der Waals surface area (Å²) in [6, 6.07) is 6.28. The van der Waals surface area contributed by atoms with Crippen LogP contribution < -0.4 is 21.1 Å². The fourth-order valence-corrected chi connectivity index (χ4v) is 5.88. The van der Waals surface area contributed by atoms with Gasteiger partial charge in [-0.3, -0.25) is 10.4 Å². The number of likely N-dealkylation sites (tertiary alicyclic amines) is 1. The van der Waals surface area contributed by atoms with E-state index in [1.807, 2.05) is 11.8 Å². The highest BCUT2D eigenvalue weighted by molar-refractivity contribution is 6.35. The van der Waals surface area contributed by atoms with Crippen LogP contribution >= 0.6 is 23.2 Å². The van der Waals surface area contributed by atoms with Crippen LogP contribution in [0.25, 0.3) is 0 Å². The van der Waals surface area contributed by atoms with Crippen LogP contribution in [0.4, 0.5) is 15.9 Å². The minimum Gasteiger partial charge on any atom is -0.486 e. The number of nitrogen functional groups attached to an aromatic ring is 1. The number of anilines is 2. The largest absolute Gasteiger partial charge is 0.486 e. The summed E-state index contributed by atoms with van der Waals surface area (Å²) >= 11 is 12.5. The van der Waals surface area contributed by atoms with Crippen molar-refractivity contribution in [3.63, 3.8) is 0 Å². The number of hydrogen-bond donors (Lipinski definition) is 3. The van der Waals surface area contributed by atoms with Gasteiger partial charge in [0.15, 0.2) is 11.6 Å². The van der Waals surface area contributed by atoms with Crippen molar-refractivity contribution in [2.45, 2.75) is 31.4 Å². The molecule has 2 saturated heterocycles. The number of halogens is 3. The standard InChI is InChI=1S/C27H30Cl2FN7O/c1-16(24-20(28)11-34-12-21(24)29)38-18-4-5-23(31)19(9-18)25(32)17-8-22(30)26(35-10-17)37-14-27(33,15-37)13-36-6-2-3-7-36/h4-5,8-12,16,32H,2-3,6-7,13-15,31,33H2,1H3/t16-/m1/s1. The van der Waals surface area contributed by atoms with Crippen LogP contribution in [-0.2, 0) is 0 Å². The van der Waals surface area contributed by atoms with Crippen molar-refractivity contribution in [1.29, 1.82) is 5.41 Å². The number of benzene rings is 1. The molecule has 200 valence electrons. The van der Waals surface area contributed by atoms with Crippen LogP contribution in [0.5, 0.6) is 5.75 Å². The van der Waals surface area contributed by atoms with Crippen LogP contribution in [0.15, 0.2) is 42.9 Å². The molecule has 38 heavy (non-hydrogen) atoms. The molecule has 5 N–H and O–H groups in total. The Kier molecular flexibility index (Phi) is 7.46. The molecule has 3 aromatic rings. The molecule has 8 nitrogen and oxygen atoms in total. The van der Waals surface area contributed by atoms with Gasteiger partial charge in [-0.2, -0.15) is 0 Å². The molecule has 0 amide bonds. The number of ether oxygens (including phenoxy) is 1. The van der Waals surface area contributed by atoms with Gasteiger partial charge in [-0.1, -0.05) is 23.2 Å². The zero-order chi connectivity index (χ0) is 27.0. The Morgan fingerprint density at radius 1 is 1.16 bits per heavy atom. The van der Waals surface area contributed by atoms with Crippen molar-refractivity contribution >= 4 is 40.4 Å². The maximum absolute atomic E-state index is 15.1. The number of nitrogens with one attached hydrogen (secondary N) is 1. The second kappa shape index (κ2) is 10.6. The van der Waals surface area contributed by atoms with E-state index < -0.39 is 11.9 Å². The summed E-state index contributed by atoms with van der Waals surface area (Å²) in [6.07, 6.45) is 6.41. The van der Waals surface area contributed by atoms with Crippen LogP contribution in [0.3, 0.4) is 0 Å². The lowest BCUT2D eigenvalue weighted by Crippen LogP contribution is -2.71. The Labute approximate surface area is 231 Å². The monoisotopic (exact) mass is 557 g/mol. The van der Waals surface area contributed by atoms with Crippen molar-refractivity contribution in [1.82, 2.24) is 14.9 Å². The van der Waals surface area contributed by atoms with Gasteiger partial charge in [0.05, 0.1) is 21.3 Å². The molecule has 11 heteroatoms. The number of nitrogens with two attached hydrogens (primary N) is 2. The van der Waals surface area contributed by atoms with Crippen molar-refractivity contribution in [2.24, 2.45) is 5.73 Å². The van der Waals surface area contributed by atoms with Crippen molar-refractivity contribution < 1.29 is 9.13 Å². The summed E-state index contributed by atoms with van der Waals surface area (Å²) < 4.78 is 21.2. The SMILES string of the molecule is C[C@@H](Oc1ccc(N)c(C(=N)c2cnc(N3CC(N)(CN4CCCC4)C3)c(F)c2)c1)c1c(Cl)cncc1Cl. The number of nitrogens with zero attached hydrogens (tertiary/aromatic N) is 4. The Hall–Kier alpha value is -2.98. The lowest BCUT2D eigenvalue weighted by Gasteiger charge is -2.49. The van der Waals surface area contributed by atoms with E-state index in [4.69, 9.17) is 44.8 Å². The van der Waals surface area contributed by atoms with Gasteiger partial charge in [0.1, 0.15) is 11.9 Å². The molecule has 2 aliphatic rings. The predicted molar refractivity (Wildman–Crippen MR) is 149 cm³/mol. The zero-order valence-corrected chi connectivity index (χ0v) is 22.6. The maximum atomic E-state index is 15.1. The highest BCUT2D eigenvalue weighted by Crippen LogP contribution is 2.34. The topological polar surface area (TPSA) is 117 Å². The minimum atomic E-state index is -0.503. The van der Waals surface area contributed by atoms with Crippen LogP contribution in [-0.4, -0.2) is 58.8 Å². The lowest BCUT2D eigenvalue weighted by molar-refractivity contribution is 0.209. The van der Waals surface area contributed by atoms with Crippen LogP contribution in [0.2, 0.25) is 10.0 Å². The highest BCUT2D eigenvalue weighted by Gasteiger charge is 2.42. The van der Waals surface area contributed by atoms with Crippen molar-refractivity contribution in [2.75, 3.05) is 43.4 Å². The third-order valence-electron chi connectivity index (χ3n) is 7.06. The molecule has 0 saturated carbocycles. The second-order valence-corrected chi connectivity index (χ2v) is 10.9. The molecule has 2 fully saturated rings. The van der Waals surface area contributed by atoms with Gasteiger partial charge in [-0.15, -0.1) is 0 Å². The molecule has 0 unspecified atom stereocenters. The van der Waals surface area contributed by atoms with Gasteiger partial charge in [0.25, 0.3) is 0 Å². The number of pyridine rings is 2. The van der Waals surface area contributed by atoms with E-state index in [1.54, 1.807) is 18.2 Å². The van der Waals surface area contributed by atoms with E-state index in [1.165, 1.54) is 37.5 Å². The second-order valence-electron chi connectivity index (χ2n) is 10.1.